The zero-order valence-electron chi connectivity index (χ0n) is 15.5. The largest absolute Gasteiger partial charge is 0.383 e. The molecular formula is C20H17ClN6OS. The van der Waals surface area contributed by atoms with E-state index in [2.05, 4.69) is 20.0 Å². The molecule has 2 heterocycles. The molecule has 146 valence electrons. The summed E-state index contributed by atoms with van der Waals surface area (Å²) >= 11 is 7.23. The Morgan fingerprint density at radius 1 is 1.21 bits per heavy atom. The van der Waals surface area contributed by atoms with E-state index in [-0.39, 0.29) is 5.91 Å². The number of amides is 1. The second kappa shape index (κ2) is 8.02. The summed E-state index contributed by atoms with van der Waals surface area (Å²) in [5.74, 6) is 0.00529. The van der Waals surface area contributed by atoms with E-state index in [4.69, 9.17) is 17.3 Å². The minimum atomic E-state index is -0.320. The third-order valence-electron chi connectivity index (χ3n) is 4.41. The molecule has 2 aromatic heterocycles. The van der Waals surface area contributed by atoms with Crippen LogP contribution in [-0.4, -0.2) is 25.3 Å². The van der Waals surface area contributed by atoms with E-state index >= 15 is 0 Å². The number of hydrogen-bond acceptors (Lipinski definition) is 6. The Balaban J connectivity index is 1.57. The molecule has 0 aliphatic heterocycles. The minimum Gasteiger partial charge on any atom is -0.383 e. The van der Waals surface area contributed by atoms with Crippen LogP contribution in [0, 0.1) is 6.92 Å². The third-order valence-corrected chi connectivity index (χ3v) is 5.31. The first kappa shape index (κ1) is 19.1. The average Bonchev–Trinajstić information content (AvgIpc) is 3.25. The Morgan fingerprint density at radius 3 is 2.72 bits per heavy atom. The van der Waals surface area contributed by atoms with Gasteiger partial charge in [-0.1, -0.05) is 58.6 Å². The van der Waals surface area contributed by atoms with Crippen LogP contribution in [0.5, 0.6) is 0 Å². The highest BCUT2D eigenvalue weighted by Crippen LogP contribution is 2.30. The standard InChI is InChI=1S/C20H17ClN6OS/c1-12-16(19(22)27(25-12)11-13-6-3-2-4-7-13)20(28)23-15-9-5-8-14(10-15)17-18(21)29-26-24-17/h2-10H,11,22H2,1H3,(H,23,28). The number of carbonyl (C=O) groups is 1. The zero-order chi connectivity index (χ0) is 20.4. The summed E-state index contributed by atoms with van der Waals surface area (Å²) in [6.45, 7) is 2.26. The topological polar surface area (TPSA) is 98.7 Å². The normalized spacial score (nSPS) is 10.8. The number of benzene rings is 2. The fourth-order valence-electron chi connectivity index (χ4n) is 3.05. The van der Waals surface area contributed by atoms with Gasteiger partial charge in [0.1, 0.15) is 21.4 Å². The van der Waals surface area contributed by atoms with Crippen molar-refractivity contribution in [2.45, 2.75) is 13.5 Å². The molecule has 4 rings (SSSR count). The van der Waals surface area contributed by atoms with Crippen molar-refractivity contribution in [1.82, 2.24) is 19.4 Å². The highest BCUT2D eigenvalue weighted by Gasteiger charge is 2.20. The van der Waals surface area contributed by atoms with Gasteiger partial charge in [-0.05, 0) is 24.6 Å². The SMILES string of the molecule is Cc1nn(Cc2ccccc2)c(N)c1C(=O)Nc1cccc(-c2nnsc2Cl)c1. The van der Waals surface area contributed by atoms with Gasteiger partial charge in [0, 0.05) is 22.8 Å². The second-order valence-electron chi connectivity index (χ2n) is 6.42. The van der Waals surface area contributed by atoms with Gasteiger partial charge in [-0.15, -0.1) is 5.10 Å². The summed E-state index contributed by atoms with van der Waals surface area (Å²) in [7, 11) is 0. The van der Waals surface area contributed by atoms with E-state index in [9.17, 15) is 4.79 Å². The molecule has 0 spiro atoms. The van der Waals surface area contributed by atoms with E-state index in [1.807, 2.05) is 42.5 Å². The summed E-state index contributed by atoms with van der Waals surface area (Å²) in [6.07, 6.45) is 0. The number of aryl methyl sites for hydroxylation is 1. The number of anilines is 2. The van der Waals surface area contributed by atoms with Gasteiger partial charge in [0.15, 0.2) is 0 Å². The summed E-state index contributed by atoms with van der Waals surface area (Å²) in [5.41, 5.74) is 10.2. The lowest BCUT2D eigenvalue weighted by Gasteiger charge is -2.08. The Hall–Kier alpha value is -3.23. The number of aromatic nitrogens is 4. The lowest BCUT2D eigenvalue weighted by molar-refractivity contribution is 0.102. The number of rotatable bonds is 5. The maximum absolute atomic E-state index is 12.9. The monoisotopic (exact) mass is 424 g/mol. The smallest absolute Gasteiger partial charge is 0.261 e. The van der Waals surface area contributed by atoms with E-state index in [1.165, 1.54) is 0 Å². The molecule has 0 unspecified atom stereocenters. The Labute approximate surface area is 176 Å². The number of halogens is 1. The molecule has 0 aliphatic carbocycles. The lowest BCUT2D eigenvalue weighted by Crippen LogP contribution is -2.15. The van der Waals surface area contributed by atoms with Crippen LogP contribution in [0.3, 0.4) is 0 Å². The number of nitrogens with two attached hydrogens (primary N) is 1. The van der Waals surface area contributed by atoms with Crippen LogP contribution < -0.4 is 11.1 Å². The van der Waals surface area contributed by atoms with Crippen molar-refractivity contribution in [3.05, 3.63) is 75.8 Å². The maximum atomic E-state index is 12.9. The third kappa shape index (κ3) is 3.98. The van der Waals surface area contributed by atoms with Gasteiger partial charge in [-0.3, -0.25) is 4.79 Å². The average molecular weight is 425 g/mol. The molecule has 4 aromatic rings. The van der Waals surface area contributed by atoms with Gasteiger partial charge < -0.3 is 11.1 Å². The van der Waals surface area contributed by atoms with Crippen molar-refractivity contribution in [3.63, 3.8) is 0 Å². The van der Waals surface area contributed by atoms with Gasteiger partial charge >= 0.3 is 0 Å². The van der Waals surface area contributed by atoms with Crippen LogP contribution >= 0.6 is 23.1 Å². The van der Waals surface area contributed by atoms with Gasteiger partial charge in [0.2, 0.25) is 0 Å². The van der Waals surface area contributed by atoms with E-state index < -0.39 is 0 Å². The molecule has 9 heteroatoms. The molecule has 1 amide bonds. The molecule has 0 radical (unpaired) electrons. The van der Waals surface area contributed by atoms with Gasteiger partial charge in [-0.25, -0.2) is 4.68 Å². The number of nitrogens with one attached hydrogen (secondary N) is 1. The quantitative estimate of drug-likeness (QED) is 0.499. The van der Waals surface area contributed by atoms with E-state index in [0.29, 0.717) is 39.3 Å². The summed E-state index contributed by atoms with van der Waals surface area (Å²) in [5, 5.41) is 11.3. The molecular weight excluding hydrogens is 408 g/mol. The predicted octanol–water partition coefficient (Wildman–Crippen LogP) is 4.25. The molecule has 3 N–H and O–H groups in total. The van der Waals surface area contributed by atoms with Crippen LogP contribution in [0.15, 0.2) is 54.6 Å². The first-order chi connectivity index (χ1) is 14.0. The van der Waals surface area contributed by atoms with Crippen molar-refractivity contribution in [1.29, 1.82) is 0 Å². The van der Waals surface area contributed by atoms with Gasteiger partial charge in [-0.2, -0.15) is 5.10 Å². The fraction of sp³-hybridized carbons (Fsp3) is 0.100. The minimum absolute atomic E-state index is 0.320. The number of carbonyl (C=O) groups excluding carboxylic acids is 1. The fourth-order valence-corrected chi connectivity index (χ4v) is 3.72. The molecule has 2 aromatic carbocycles. The zero-order valence-corrected chi connectivity index (χ0v) is 17.0. The second-order valence-corrected chi connectivity index (χ2v) is 7.78. The van der Waals surface area contributed by atoms with Crippen molar-refractivity contribution >= 4 is 40.5 Å². The molecule has 29 heavy (non-hydrogen) atoms. The summed E-state index contributed by atoms with van der Waals surface area (Å²) in [4.78, 5) is 12.9. The van der Waals surface area contributed by atoms with Crippen molar-refractivity contribution in [3.8, 4) is 11.3 Å². The first-order valence-corrected chi connectivity index (χ1v) is 9.94. The Bertz CT molecular complexity index is 1170. The molecule has 0 saturated carbocycles. The molecule has 0 fully saturated rings. The van der Waals surface area contributed by atoms with Crippen LogP contribution in [0.4, 0.5) is 11.5 Å². The van der Waals surface area contributed by atoms with Crippen LogP contribution in [-0.2, 0) is 6.54 Å². The van der Waals surface area contributed by atoms with Crippen molar-refractivity contribution < 1.29 is 4.79 Å². The number of hydrogen-bond donors (Lipinski definition) is 2. The highest BCUT2D eigenvalue weighted by atomic mass is 35.5. The molecule has 7 nitrogen and oxygen atoms in total. The number of nitrogen functional groups attached to an aromatic ring is 1. The number of nitrogens with zero attached hydrogens (tertiary/aromatic N) is 4. The molecule has 0 aliphatic rings. The van der Waals surface area contributed by atoms with Crippen LogP contribution in [0.2, 0.25) is 4.34 Å². The Kier molecular flexibility index (Phi) is 5.28. The molecule has 0 atom stereocenters. The first-order valence-electron chi connectivity index (χ1n) is 8.79. The summed E-state index contributed by atoms with van der Waals surface area (Å²) in [6, 6.07) is 17.1. The lowest BCUT2D eigenvalue weighted by atomic mass is 10.1. The highest BCUT2D eigenvalue weighted by molar-refractivity contribution is 7.10. The Morgan fingerprint density at radius 2 is 2.00 bits per heavy atom. The summed E-state index contributed by atoms with van der Waals surface area (Å²) < 4.78 is 5.97. The van der Waals surface area contributed by atoms with Crippen molar-refractivity contribution in [2.24, 2.45) is 0 Å². The van der Waals surface area contributed by atoms with Crippen LogP contribution in [0.25, 0.3) is 11.3 Å². The molecule has 0 bridgehead atoms. The van der Waals surface area contributed by atoms with E-state index in [1.54, 1.807) is 23.7 Å². The maximum Gasteiger partial charge on any atom is 0.261 e. The predicted molar refractivity (Wildman–Crippen MR) is 115 cm³/mol. The van der Waals surface area contributed by atoms with E-state index in [0.717, 1.165) is 22.7 Å². The molecule has 0 saturated heterocycles. The van der Waals surface area contributed by atoms with Gasteiger partial charge in [0.05, 0.1) is 12.2 Å². The van der Waals surface area contributed by atoms with Crippen molar-refractivity contribution in [2.75, 3.05) is 11.1 Å². The van der Waals surface area contributed by atoms with Crippen LogP contribution in [0.1, 0.15) is 21.6 Å². The van der Waals surface area contributed by atoms with Gasteiger partial charge in [0.25, 0.3) is 5.91 Å².